The number of halogens is 4. The maximum absolute atomic E-state index is 13.4. The van der Waals surface area contributed by atoms with E-state index >= 15 is 0 Å². The van der Waals surface area contributed by atoms with Gasteiger partial charge in [-0.1, -0.05) is 54.1 Å². The minimum atomic E-state index is -4.51. The van der Waals surface area contributed by atoms with Crippen molar-refractivity contribution in [2.45, 2.75) is 25.4 Å². The van der Waals surface area contributed by atoms with Crippen LogP contribution in [0.4, 0.5) is 13.2 Å². The summed E-state index contributed by atoms with van der Waals surface area (Å²) >= 11 is 5.83. The van der Waals surface area contributed by atoms with Gasteiger partial charge in [-0.15, -0.1) is 0 Å². The summed E-state index contributed by atoms with van der Waals surface area (Å²) in [6, 6.07) is 20.2. The predicted molar refractivity (Wildman–Crippen MR) is 121 cm³/mol. The Hall–Kier alpha value is -2.76. The molecule has 3 N–H and O–H groups in total. The summed E-state index contributed by atoms with van der Waals surface area (Å²) in [4.78, 5) is 3.34. The van der Waals surface area contributed by atoms with E-state index in [0.29, 0.717) is 17.8 Å². The molecule has 4 rings (SSSR count). The molecule has 0 saturated heterocycles. The molecular formula is C25H22ClF3N2. The zero-order chi connectivity index (χ0) is 22.0. The highest BCUT2D eigenvalue weighted by Gasteiger charge is 2.33. The minimum absolute atomic E-state index is 0.302. The van der Waals surface area contributed by atoms with Crippen molar-refractivity contribution in [3.8, 4) is 22.4 Å². The lowest BCUT2D eigenvalue weighted by Gasteiger charge is -2.12. The first-order valence-corrected chi connectivity index (χ1v) is 10.5. The van der Waals surface area contributed by atoms with Gasteiger partial charge in [0, 0.05) is 16.6 Å². The van der Waals surface area contributed by atoms with Crippen LogP contribution >= 0.6 is 11.6 Å². The van der Waals surface area contributed by atoms with Crippen molar-refractivity contribution in [2.75, 3.05) is 6.54 Å². The molecule has 0 bridgehead atoms. The molecular weight excluding hydrogens is 421 g/mol. The van der Waals surface area contributed by atoms with Crippen molar-refractivity contribution in [3.05, 3.63) is 82.9 Å². The van der Waals surface area contributed by atoms with E-state index in [2.05, 4.69) is 11.1 Å². The first-order valence-electron chi connectivity index (χ1n) is 10.2. The number of rotatable bonds is 6. The van der Waals surface area contributed by atoms with Crippen molar-refractivity contribution >= 4 is 22.5 Å². The number of hydrogen-bond acceptors (Lipinski definition) is 1. The van der Waals surface area contributed by atoms with Crippen LogP contribution < -0.4 is 5.73 Å². The van der Waals surface area contributed by atoms with Gasteiger partial charge in [-0.25, -0.2) is 0 Å². The number of aromatic nitrogens is 1. The lowest BCUT2D eigenvalue weighted by molar-refractivity contribution is -0.137. The van der Waals surface area contributed by atoms with Crippen LogP contribution in [0.1, 0.15) is 24.0 Å². The molecule has 0 saturated carbocycles. The molecule has 0 aliphatic heterocycles. The standard InChI is InChI=1S/C25H22ClF3N2/c26-22-11-9-18(15-21(22)25(27,28)29)24-19(8-4-5-13-30)20-14-17(10-12-23(20)31-24)16-6-2-1-3-7-16/h1-3,6-7,9-12,14-15,31H,4-5,8,13,30H2. The Morgan fingerprint density at radius 2 is 1.58 bits per heavy atom. The van der Waals surface area contributed by atoms with Gasteiger partial charge in [0.05, 0.1) is 10.6 Å². The fourth-order valence-electron chi connectivity index (χ4n) is 3.91. The summed E-state index contributed by atoms with van der Waals surface area (Å²) in [6.45, 7) is 0.576. The SMILES string of the molecule is NCCCCc1c(-c2ccc(Cl)c(C(F)(F)F)c2)[nH]c2ccc(-c3ccccc3)cc12. The van der Waals surface area contributed by atoms with E-state index in [4.69, 9.17) is 17.3 Å². The summed E-state index contributed by atoms with van der Waals surface area (Å²) < 4.78 is 40.3. The number of nitrogens with two attached hydrogens (primary N) is 1. The van der Waals surface area contributed by atoms with Gasteiger partial charge >= 0.3 is 6.18 Å². The Morgan fingerprint density at radius 3 is 2.29 bits per heavy atom. The number of H-pyrrole nitrogens is 1. The first kappa shape index (κ1) is 21.5. The topological polar surface area (TPSA) is 41.8 Å². The first-order chi connectivity index (χ1) is 14.9. The third-order valence-electron chi connectivity index (χ3n) is 5.45. The van der Waals surface area contributed by atoms with Crippen molar-refractivity contribution in [1.82, 2.24) is 4.98 Å². The van der Waals surface area contributed by atoms with Gasteiger partial charge < -0.3 is 10.7 Å². The quantitative estimate of drug-likeness (QED) is 0.299. The van der Waals surface area contributed by atoms with Gasteiger partial charge in [0.25, 0.3) is 0 Å². The fourth-order valence-corrected chi connectivity index (χ4v) is 4.13. The van der Waals surface area contributed by atoms with E-state index in [-0.39, 0.29) is 5.02 Å². The van der Waals surface area contributed by atoms with Crippen molar-refractivity contribution in [1.29, 1.82) is 0 Å². The van der Waals surface area contributed by atoms with Gasteiger partial charge in [0.2, 0.25) is 0 Å². The number of fused-ring (bicyclic) bond motifs is 1. The number of unbranched alkanes of at least 4 members (excludes halogenated alkanes) is 1. The number of nitrogens with one attached hydrogen (secondary N) is 1. The molecule has 0 fully saturated rings. The van der Waals surface area contributed by atoms with Crippen LogP contribution in [0.2, 0.25) is 5.02 Å². The molecule has 1 heterocycles. The summed E-state index contributed by atoms with van der Waals surface area (Å²) in [5.41, 5.74) is 10.0. The largest absolute Gasteiger partial charge is 0.417 e. The zero-order valence-electron chi connectivity index (χ0n) is 16.8. The van der Waals surface area contributed by atoms with Crippen molar-refractivity contribution < 1.29 is 13.2 Å². The van der Waals surface area contributed by atoms with E-state index in [1.54, 1.807) is 6.07 Å². The second-order valence-corrected chi connectivity index (χ2v) is 7.95. The molecule has 31 heavy (non-hydrogen) atoms. The number of hydrogen-bond donors (Lipinski definition) is 2. The average Bonchev–Trinajstić information content (AvgIpc) is 3.12. The van der Waals surface area contributed by atoms with Gasteiger partial charge in [-0.2, -0.15) is 13.2 Å². The van der Waals surface area contributed by atoms with E-state index in [9.17, 15) is 13.2 Å². The van der Waals surface area contributed by atoms with Crippen LogP contribution in [0.15, 0.2) is 66.7 Å². The van der Waals surface area contributed by atoms with Crippen LogP contribution in [0, 0.1) is 0 Å². The van der Waals surface area contributed by atoms with Crippen LogP contribution in [-0.4, -0.2) is 11.5 Å². The molecule has 0 spiro atoms. The second kappa shape index (κ2) is 8.77. The monoisotopic (exact) mass is 442 g/mol. The Kier molecular flexibility index (Phi) is 6.08. The number of aromatic amines is 1. The lowest BCUT2D eigenvalue weighted by Crippen LogP contribution is -2.06. The third-order valence-corrected chi connectivity index (χ3v) is 5.78. The second-order valence-electron chi connectivity index (χ2n) is 7.54. The van der Waals surface area contributed by atoms with Crippen LogP contribution in [-0.2, 0) is 12.6 Å². The van der Waals surface area contributed by atoms with Crippen molar-refractivity contribution in [2.24, 2.45) is 5.73 Å². The summed E-state index contributed by atoms with van der Waals surface area (Å²) in [5, 5.41) is 0.709. The Balaban J connectivity index is 1.87. The fraction of sp³-hybridized carbons (Fsp3) is 0.200. The molecule has 1 aromatic heterocycles. The number of alkyl halides is 3. The molecule has 0 aliphatic carbocycles. The minimum Gasteiger partial charge on any atom is -0.354 e. The van der Waals surface area contributed by atoms with Crippen LogP contribution in [0.5, 0.6) is 0 Å². The Labute approximate surface area is 183 Å². The van der Waals surface area contributed by atoms with E-state index in [1.165, 1.54) is 6.07 Å². The predicted octanol–water partition coefficient (Wildman–Crippen LogP) is 7.46. The third kappa shape index (κ3) is 4.48. The molecule has 3 aromatic carbocycles. The summed E-state index contributed by atoms with van der Waals surface area (Å²) in [6.07, 6.45) is -2.10. The molecule has 0 aliphatic rings. The van der Waals surface area contributed by atoms with E-state index in [0.717, 1.165) is 52.9 Å². The molecule has 6 heteroatoms. The average molecular weight is 443 g/mol. The molecule has 160 valence electrons. The normalized spacial score (nSPS) is 11.9. The van der Waals surface area contributed by atoms with Crippen molar-refractivity contribution in [3.63, 3.8) is 0 Å². The van der Waals surface area contributed by atoms with Gasteiger partial charge in [0.15, 0.2) is 0 Å². The number of benzene rings is 3. The Morgan fingerprint density at radius 1 is 0.839 bits per heavy atom. The highest BCUT2D eigenvalue weighted by atomic mass is 35.5. The highest BCUT2D eigenvalue weighted by molar-refractivity contribution is 6.31. The van der Waals surface area contributed by atoms with Gasteiger partial charge in [0.1, 0.15) is 0 Å². The molecule has 0 unspecified atom stereocenters. The zero-order valence-corrected chi connectivity index (χ0v) is 17.5. The van der Waals surface area contributed by atoms with Gasteiger partial charge in [-0.05, 0) is 72.3 Å². The summed E-state index contributed by atoms with van der Waals surface area (Å²) in [5.74, 6) is 0. The van der Waals surface area contributed by atoms with E-state index in [1.807, 2.05) is 42.5 Å². The summed E-state index contributed by atoms with van der Waals surface area (Å²) in [7, 11) is 0. The maximum atomic E-state index is 13.4. The molecule has 0 atom stereocenters. The maximum Gasteiger partial charge on any atom is 0.417 e. The molecule has 0 amide bonds. The molecule has 2 nitrogen and oxygen atoms in total. The smallest absolute Gasteiger partial charge is 0.354 e. The van der Waals surface area contributed by atoms with E-state index < -0.39 is 11.7 Å². The van der Waals surface area contributed by atoms with Crippen LogP contribution in [0.25, 0.3) is 33.3 Å². The molecule has 4 aromatic rings. The Bertz CT molecular complexity index is 1200. The van der Waals surface area contributed by atoms with Crippen LogP contribution in [0.3, 0.4) is 0 Å². The highest BCUT2D eigenvalue weighted by Crippen LogP contribution is 2.39. The lowest BCUT2D eigenvalue weighted by atomic mass is 9.97. The van der Waals surface area contributed by atoms with Gasteiger partial charge in [-0.3, -0.25) is 0 Å². The number of aryl methyl sites for hydroxylation is 1. The molecule has 0 radical (unpaired) electrons.